The maximum absolute atomic E-state index is 11.7. The molecule has 0 atom stereocenters. The second-order valence-corrected chi connectivity index (χ2v) is 5.22. The zero-order chi connectivity index (χ0) is 12.7. The fraction of sp³-hybridized carbons (Fsp3) is 0.692. The Morgan fingerprint density at radius 3 is 2.83 bits per heavy atom. The average molecular weight is 248 g/mol. The summed E-state index contributed by atoms with van der Waals surface area (Å²) in [4.78, 5) is 16.0. The molecular weight excluding hydrogens is 228 g/mol. The van der Waals surface area contributed by atoms with Gasteiger partial charge in [0.15, 0.2) is 0 Å². The Morgan fingerprint density at radius 2 is 2.17 bits per heavy atom. The Balaban J connectivity index is 1.82. The van der Waals surface area contributed by atoms with Crippen LogP contribution in [0, 0.1) is 0 Å². The van der Waals surface area contributed by atoms with E-state index in [1.165, 1.54) is 11.3 Å². The summed E-state index contributed by atoms with van der Waals surface area (Å²) in [6.45, 7) is 6.81. The van der Waals surface area contributed by atoms with Gasteiger partial charge in [-0.05, 0) is 13.0 Å². The number of hydrogen-bond donors (Lipinski definition) is 0. The summed E-state index contributed by atoms with van der Waals surface area (Å²) in [7, 11) is 2.01. The molecule has 18 heavy (non-hydrogen) atoms. The van der Waals surface area contributed by atoms with Crippen molar-refractivity contribution >= 4 is 5.91 Å². The maximum Gasteiger partial charge on any atom is 0.222 e. The molecule has 0 spiro atoms. The van der Waals surface area contributed by atoms with E-state index in [2.05, 4.69) is 16.9 Å². The standard InChI is InChI=1S/C13H20N4O/c1-3-16-7-10-11(14-15(2)12(10)9-16)8-17-6-4-5-13(17)18/h3-9H2,1-2H3. The van der Waals surface area contributed by atoms with Gasteiger partial charge in [0.05, 0.1) is 17.9 Å². The number of amides is 1. The van der Waals surface area contributed by atoms with Crippen molar-refractivity contribution in [3.63, 3.8) is 0 Å². The van der Waals surface area contributed by atoms with E-state index in [-0.39, 0.29) is 5.91 Å². The van der Waals surface area contributed by atoms with Crippen molar-refractivity contribution in [2.75, 3.05) is 13.1 Å². The molecule has 0 N–H and O–H groups in total. The van der Waals surface area contributed by atoms with Gasteiger partial charge >= 0.3 is 0 Å². The Morgan fingerprint density at radius 1 is 1.33 bits per heavy atom. The predicted octanol–water partition coefficient (Wildman–Crippen LogP) is 0.878. The second kappa shape index (κ2) is 4.39. The molecule has 0 aliphatic carbocycles. The first-order chi connectivity index (χ1) is 8.69. The molecule has 0 bridgehead atoms. The molecule has 3 rings (SSSR count). The van der Waals surface area contributed by atoms with Crippen LogP contribution in [0.15, 0.2) is 0 Å². The number of carbonyl (C=O) groups is 1. The van der Waals surface area contributed by atoms with E-state index in [0.29, 0.717) is 13.0 Å². The molecule has 1 aromatic heterocycles. The molecule has 5 heteroatoms. The molecule has 1 fully saturated rings. The molecule has 0 radical (unpaired) electrons. The summed E-state index contributed by atoms with van der Waals surface area (Å²) in [6.07, 6.45) is 1.70. The van der Waals surface area contributed by atoms with Gasteiger partial charge in [-0.25, -0.2) is 0 Å². The minimum atomic E-state index is 0.278. The van der Waals surface area contributed by atoms with Crippen molar-refractivity contribution in [1.82, 2.24) is 19.6 Å². The molecule has 1 aromatic rings. The van der Waals surface area contributed by atoms with Crippen LogP contribution in [0.1, 0.15) is 36.7 Å². The minimum Gasteiger partial charge on any atom is -0.337 e. The van der Waals surface area contributed by atoms with Gasteiger partial charge in [-0.3, -0.25) is 14.4 Å². The Kier molecular flexibility index (Phi) is 2.86. The number of rotatable bonds is 3. The van der Waals surface area contributed by atoms with E-state index >= 15 is 0 Å². The van der Waals surface area contributed by atoms with E-state index < -0.39 is 0 Å². The van der Waals surface area contributed by atoms with E-state index in [4.69, 9.17) is 0 Å². The molecule has 0 saturated carbocycles. The monoisotopic (exact) mass is 248 g/mol. The van der Waals surface area contributed by atoms with Crippen molar-refractivity contribution in [3.8, 4) is 0 Å². The lowest BCUT2D eigenvalue weighted by molar-refractivity contribution is -0.128. The van der Waals surface area contributed by atoms with Crippen LogP contribution in [0.3, 0.4) is 0 Å². The van der Waals surface area contributed by atoms with Gasteiger partial charge in [0.25, 0.3) is 0 Å². The van der Waals surface area contributed by atoms with Crippen molar-refractivity contribution in [3.05, 3.63) is 17.0 Å². The van der Waals surface area contributed by atoms with Crippen LogP contribution in [0.25, 0.3) is 0 Å². The SMILES string of the molecule is CCN1Cc2c(CN3CCCC3=O)nn(C)c2C1. The Bertz CT molecular complexity index is 480. The highest BCUT2D eigenvalue weighted by atomic mass is 16.2. The fourth-order valence-corrected chi connectivity index (χ4v) is 2.94. The lowest BCUT2D eigenvalue weighted by Crippen LogP contribution is -2.25. The third-order valence-corrected chi connectivity index (χ3v) is 4.07. The van der Waals surface area contributed by atoms with Crippen molar-refractivity contribution in [2.45, 2.75) is 39.4 Å². The summed E-state index contributed by atoms with van der Waals surface area (Å²) >= 11 is 0. The van der Waals surface area contributed by atoms with Gasteiger partial charge in [-0.1, -0.05) is 6.92 Å². The van der Waals surface area contributed by atoms with E-state index in [1.54, 1.807) is 0 Å². The van der Waals surface area contributed by atoms with Crippen molar-refractivity contribution in [1.29, 1.82) is 0 Å². The van der Waals surface area contributed by atoms with E-state index in [1.807, 2.05) is 16.6 Å². The first-order valence-electron chi connectivity index (χ1n) is 6.72. The summed E-state index contributed by atoms with van der Waals surface area (Å²) in [5.74, 6) is 0.278. The fourth-order valence-electron chi connectivity index (χ4n) is 2.94. The number of fused-ring (bicyclic) bond motifs is 1. The largest absolute Gasteiger partial charge is 0.337 e. The second-order valence-electron chi connectivity index (χ2n) is 5.22. The number of aryl methyl sites for hydroxylation is 1. The normalized spacial score (nSPS) is 19.9. The van der Waals surface area contributed by atoms with E-state index in [9.17, 15) is 4.79 Å². The molecule has 2 aliphatic heterocycles. The highest BCUT2D eigenvalue weighted by Gasteiger charge is 2.28. The van der Waals surface area contributed by atoms with Gasteiger partial charge in [0.2, 0.25) is 5.91 Å². The molecule has 1 amide bonds. The van der Waals surface area contributed by atoms with Gasteiger partial charge in [-0.2, -0.15) is 5.10 Å². The number of likely N-dealkylation sites (tertiary alicyclic amines) is 1. The van der Waals surface area contributed by atoms with Crippen LogP contribution in [-0.4, -0.2) is 38.6 Å². The number of aromatic nitrogens is 2. The number of hydrogen-bond acceptors (Lipinski definition) is 3. The van der Waals surface area contributed by atoms with Gasteiger partial charge < -0.3 is 4.90 Å². The first-order valence-corrected chi connectivity index (χ1v) is 6.72. The van der Waals surface area contributed by atoms with Crippen LogP contribution in [0.2, 0.25) is 0 Å². The first kappa shape index (κ1) is 11.7. The molecule has 0 unspecified atom stereocenters. The average Bonchev–Trinajstić information content (AvgIpc) is 3.00. The molecule has 0 aromatic carbocycles. The molecule has 2 aliphatic rings. The zero-order valence-electron chi connectivity index (χ0n) is 11.1. The highest BCUT2D eigenvalue weighted by molar-refractivity contribution is 5.78. The zero-order valence-corrected chi connectivity index (χ0v) is 11.1. The van der Waals surface area contributed by atoms with Crippen molar-refractivity contribution in [2.24, 2.45) is 7.05 Å². The molecule has 3 heterocycles. The van der Waals surface area contributed by atoms with Crippen LogP contribution in [-0.2, 0) is 31.5 Å². The highest BCUT2D eigenvalue weighted by Crippen LogP contribution is 2.26. The topological polar surface area (TPSA) is 41.4 Å². The molecular formula is C13H20N4O. The smallest absolute Gasteiger partial charge is 0.222 e. The Hall–Kier alpha value is -1.36. The number of nitrogens with zero attached hydrogens (tertiary/aromatic N) is 4. The van der Waals surface area contributed by atoms with Gasteiger partial charge in [0, 0.05) is 38.7 Å². The summed E-state index contributed by atoms with van der Waals surface area (Å²) in [5, 5.41) is 4.60. The van der Waals surface area contributed by atoms with Crippen LogP contribution < -0.4 is 0 Å². The third-order valence-electron chi connectivity index (χ3n) is 4.07. The quantitative estimate of drug-likeness (QED) is 0.797. The van der Waals surface area contributed by atoms with Crippen LogP contribution in [0.4, 0.5) is 0 Å². The molecule has 98 valence electrons. The summed E-state index contributed by atoms with van der Waals surface area (Å²) in [5.41, 5.74) is 3.76. The number of carbonyl (C=O) groups excluding carboxylic acids is 1. The van der Waals surface area contributed by atoms with Gasteiger partial charge in [0.1, 0.15) is 0 Å². The third kappa shape index (κ3) is 1.82. The minimum absolute atomic E-state index is 0.278. The summed E-state index contributed by atoms with van der Waals surface area (Å²) < 4.78 is 1.99. The van der Waals surface area contributed by atoms with Gasteiger partial charge in [-0.15, -0.1) is 0 Å². The predicted molar refractivity (Wildman–Crippen MR) is 67.6 cm³/mol. The van der Waals surface area contributed by atoms with Crippen LogP contribution >= 0.6 is 0 Å². The maximum atomic E-state index is 11.7. The lowest BCUT2D eigenvalue weighted by atomic mass is 10.2. The molecule has 1 saturated heterocycles. The molecule has 5 nitrogen and oxygen atoms in total. The van der Waals surface area contributed by atoms with Crippen LogP contribution in [0.5, 0.6) is 0 Å². The Labute approximate surface area is 107 Å². The summed E-state index contributed by atoms with van der Waals surface area (Å²) in [6, 6.07) is 0. The van der Waals surface area contributed by atoms with E-state index in [0.717, 1.165) is 38.3 Å². The lowest BCUT2D eigenvalue weighted by Gasteiger charge is -2.15. The van der Waals surface area contributed by atoms with Crippen molar-refractivity contribution < 1.29 is 4.79 Å².